The molecular weight excluding hydrogens is 665 g/mol. The fourth-order valence-corrected chi connectivity index (χ4v) is 7.82. The number of likely N-dealkylation sites (tertiary alicyclic amines) is 1. The molecule has 0 bridgehead atoms. The highest BCUT2D eigenvalue weighted by Crippen LogP contribution is 2.41. The molecule has 262 valence electrons. The van der Waals surface area contributed by atoms with Gasteiger partial charge in [-0.05, 0) is 72.5 Å². The Bertz CT molecular complexity index is 1850. The number of hydrogen-bond acceptors (Lipinski definition) is 9. The number of carbonyl (C=O) groups excluding carboxylic acids is 3. The number of benzene rings is 3. The van der Waals surface area contributed by atoms with Crippen molar-refractivity contribution in [2.24, 2.45) is 4.99 Å². The quantitative estimate of drug-likeness (QED) is 0.222. The van der Waals surface area contributed by atoms with Gasteiger partial charge in [0.15, 0.2) is 11.3 Å². The number of aromatic nitrogens is 1. The van der Waals surface area contributed by atoms with Crippen LogP contribution in [0.25, 0.3) is 0 Å². The third-order valence-corrected chi connectivity index (χ3v) is 10.6. The third kappa shape index (κ3) is 7.83. The maximum Gasteiger partial charge on any atom is 0.257 e. The first kappa shape index (κ1) is 34.4. The first-order valence-corrected chi connectivity index (χ1v) is 18.0. The molecule has 7 rings (SSSR count). The van der Waals surface area contributed by atoms with Crippen LogP contribution in [0.1, 0.15) is 41.0 Å². The van der Waals surface area contributed by atoms with Crippen molar-refractivity contribution in [3.63, 3.8) is 0 Å². The number of carbonyl (C=O) groups is 3. The van der Waals surface area contributed by atoms with E-state index in [1.54, 1.807) is 28.1 Å². The fourth-order valence-electron chi connectivity index (χ4n) is 6.65. The Morgan fingerprint density at radius 1 is 0.961 bits per heavy atom. The minimum absolute atomic E-state index is 0.0858. The molecule has 51 heavy (non-hydrogen) atoms. The highest BCUT2D eigenvalue weighted by molar-refractivity contribution is 8.15. The highest BCUT2D eigenvalue weighted by atomic mass is 32.2. The molecule has 3 aliphatic heterocycles. The number of hydrogen-bond donors (Lipinski definition) is 1. The average molecular weight is 705 g/mol. The first-order chi connectivity index (χ1) is 25.0. The molecule has 4 heterocycles. The van der Waals surface area contributed by atoms with Gasteiger partial charge < -0.3 is 24.6 Å². The van der Waals surface area contributed by atoms with Crippen molar-refractivity contribution in [2.75, 3.05) is 50.2 Å². The number of aliphatic imine (C=N–C) groups is 1. The second-order valence-electron chi connectivity index (χ2n) is 12.6. The van der Waals surface area contributed by atoms with E-state index in [0.717, 1.165) is 47.7 Å². The molecule has 3 aliphatic rings. The summed E-state index contributed by atoms with van der Waals surface area (Å²) < 4.78 is 11.0. The summed E-state index contributed by atoms with van der Waals surface area (Å²) in [6, 6.07) is 29.7. The lowest BCUT2D eigenvalue weighted by Crippen LogP contribution is -2.45. The van der Waals surface area contributed by atoms with Crippen LogP contribution in [0.5, 0.6) is 0 Å². The predicted octanol–water partition coefficient (Wildman–Crippen LogP) is 5.74. The first-order valence-electron chi connectivity index (χ1n) is 17.2. The number of amidine groups is 1. The van der Waals surface area contributed by atoms with Crippen molar-refractivity contribution < 1.29 is 23.9 Å². The van der Waals surface area contributed by atoms with Crippen LogP contribution in [0.3, 0.4) is 0 Å². The molecule has 3 saturated heterocycles. The summed E-state index contributed by atoms with van der Waals surface area (Å²) in [5.41, 5.74) is 4.77. The van der Waals surface area contributed by atoms with Crippen LogP contribution in [0.2, 0.25) is 0 Å². The number of methoxy groups -OCH3 is 1. The smallest absolute Gasteiger partial charge is 0.257 e. The molecular formula is C39H40N6O5S. The molecule has 1 unspecified atom stereocenters. The van der Waals surface area contributed by atoms with E-state index >= 15 is 0 Å². The minimum atomic E-state index is -0.777. The molecule has 0 saturated carbocycles. The summed E-state index contributed by atoms with van der Waals surface area (Å²) in [5.74, 6) is -0.565. The van der Waals surface area contributed by atoms with Gasteiger partial charge in [0, 0.05) is 44.3 Å². The van der Waals surface area contributed by atoms with Gasteiger partial charge in [0.1, 0.15) is 11.3 Å². The number of amides is 3. The van der Waals surface area contributed by atoms with E-state index in [-0.39, 0.29) is 17.7 Å². The molecule has 0 aliphatic carbocycles. The van der Waals surface area contributed by atoms with Crippen LogP contribution in [0, 0.1) is 0 Å². The van der Waals surface area contributed by atoms with Crippen LogP contribution in [0.15, 0.2) is 108 Å². The van der Waals surface area contributed by atoms with Crippen molar-refractivity contribution in [3.8, 4) is 0 Å². The van der Waals surface area contributed by atoms with Gasteiger partial charge in [0.2, 0.25) is 11.8 Å². The van der Waals surface area contributed by atoms with Crippen LogP contribution in [-0.2, 0) is 30.4 Å². The second kappa shape index (κ2) is 15.9. The number of nitrogens with zero attached hydrogens (tertiary/aromatic N) is 5. The fraction of sp³-hybridized carbons (Fsp3) is 0.308. The van der Waals surface area contributed by atoms with E-state index < -0.39 is 17.4 Å². The SMILES string of the molecule is CO[C@@H](C(=O)N1CCC[C@H]1C(=O)Nc1ccc(C2S/C(=N\c3ccc(N4CCOCC4)cc3)N(Cc3ccccn3)C2=O)cc1)c1ccccc1. The molecule has 0 radical (unpaired) electrons. The van der Waals surface area contributed by atoms with Crippen LogP contribution in [-0.4, -0.2) is 83.7 Å². The molecule has 11 nitrogen and oxygen atoms in total. The number of pyridine rings is 1. The topological polar surface area (TPSA) is 117 Å². The third-order valence-electron chi connectivity index (χ3n) is 9.32. The van der Waals surface area contributed by atoms with Crippen LogP contribution in [0.4, 0.5) is 17.1 Å². The number of anilines is 2. The summed E-state index contributed by atoms with van der Waals surface area (Å²) >= 11 is 1.40. The van der Waals surface area contributed by atoms with Gasteiger partial charge in [-0.25, -0.2) is 4.99 Å². The molecule has 3 amide bonds. The number of nitrogens with one attached hydrogen (secondary N) is 1. The van der Waals surface area contributed by atoms with E-state index in [9.17, 15) is 14.4 Å². The molecule has 3 fully saturated rings. The van der Waals surface area contributed by atoms with Gasteiger partial charge >= 0.3 is 0 Å². The molecule has 12 heteroatoms. The predicted molar refractivity (Wildman–Crippen MR) is 198 cm³/mol. The number of thioether (sulfide) groups is 1. The second-order valence-corrected chi connectivity index (χ2v) is 13.7. The summed E-state index contributed by atoms with van der Waals surface area (Å²) in [5, 5.41) is 3.07. The summed E-state index contributed by atoms with van der Waals surface area (Å²) in [6.07, 6.45) is 2.24. The average Bonchev–Trinajstić information content (AvgIpc) is 3.79. The zero-order valence-electron chi connectivity index (χ0n) is 28.4. The zero-order chi connectivity index (χ0) is 35.2. The van der Waals surface area contributed by atoms with Gasteiger partial charge in [-0.2, -0.15) is 0 Å². The number of ether oxygens (including phenoxy) is 2. The molecule has 4 aromatic rings. The standard InChI is InChI=1S/C39H40N6O5S/c1-49-34(27-8-3-2-4-9-27)37(47)44-21-7-11-33(44)36(46)41-29-14-12-28(13-15-29)35-38(48)45(26-31-10-5-6-20-40-31)39(51-35)42-30-16-18-32(19-17-30)43-22-24-50-25-23-43/h2-6,8-10,12-20,33-35H,7,11,21-26H2,1H3,(H,41,46)/b42-39-/t33-,34+,35?/m0/s1. The van der Waals surface area contributed by atoms with Crippen molar-refractivity contribution in [1.82, 2.24) is 14.8 Å². The normalized spacial score (nSPS) is 20.5. The Balaban J connectivity index is 1.05. The number of morpholine rings is 1. The zero-order valence-corrected chi connectivity index (χ0v) is 29.2. The van der Waals surface area contributed by atoms with E-state index in [0.29, 0.717) is 43.6 Å². The Kier molecular flexibility index (Phi) is 10.7. The summed E-state index contributed by atoms with van der Waals surface area (Å²) in [7, 11) is 1.51. The monoisotopic (exact) mass is 704 g/mol. The summed E-state index contributed by atoms with van der Waals surface area (Å²) in [4.78, 5) is 55.9. The molecule has 0 spiro atoms. The van der Waals surface area contributed by atoms with Crippen molar-refractivity contribution in [2.45, 2.75) is 36.8 Å². The Labute approximate surface area is 301 Å². The van der Waals surface area contributed by atoms with Gasteiger partial charge in [-0.3, -0.25) is 24.3 Å². The maximum absolute atomic E-state index is 14.0. The van der Waals surface area contributed by atoms with E-state index in [1.807, 2.05) is 72.8 Å². The van der Waals surface area contributed by atoms with E-state index in [1.165, 1.54) is 18.9 Å². The van der Waals surface area contributed by atoms with E-state index in [2.05, 4.69) is 27.3 Å². The molecule has 1 N–H and O–H groups in total. The Morgan fingerprint density at radius 3 is 2.41 bits per heavy atom. The van der Waals surface area contributed by atoms with E-state index in [4.69, 9.17) is 14.5 Å². The van der Waals surface area contributed by atoms with Crippen molar-refractivity contribution in [1.29, 1.82) is 0 Å². The summed E-state index contributed by atoms with van der Waals surface area (Å²) in [6.45, 7) is 3.91. The lowest BCUT2D eigenvalue weighted by molar-refractivity contribution is -0.146. The highest BCUT2D eigenvalue weighted by Gasteiger charge is 2.40. The number of rotatable bonds is 10. The van der Waals surface area contributed by atoms with Crippen LogP contribution >= 0.6 is 11.8 Å². The molecule has 1 aromatic heterocycles. The molecule has 3 atom stereocenters. The lowest BCUT2D eigenvalue weighted by Gasteiger charge is -2.28. The molecule has 3 aromatic carbocycles. The Morgan fingerprint density at radius 2 is 1.71 bits per heavy atom. The van der Waals surface area contributed by atoms with Gasteiger partial charge in [0.25, 0.3) is 5.91 Å². The largest absolute Gasteiger partial charge is 0.378 e. The van der Waals surface area contributed by atoms with Gasteiger partial charge in [-0.15, -0.1) is 0 Å². The Hall–Kier alpha value is -5.04. The van der Waals surface area contributed by atoms with Crippen LogP contribution < -0.4 is 10.2 Å². The van der Waals surface area contributed by atoms with Gasteiger partial charge in [-0.1, -0.05) is 60.3 Å². The minimum Gasteiger partial charge on any atom is -0.378 e. The van der Waals surface area contributed by atoms with Crippen molar-refractivity contribution >= 4 is 51.7 Å². The lowest BCUT2D eigenvalue weighted by atomic mass is 10.1. The van der Waals surface area contributed by atoms with Gasteiger partial charge in [0.05, 0.1) is 31.1 Å². The van der Waals surface area contributed by atoms with Crippen molar-refractivity contribution in [3.05, 3.63) is 120 Å². The maximum atomic E-state index is 14.0.